The summed E-state index contributed by atoms with van der Waals surface area (Å²) in [4.78, 5) is 14.6. The predicted molar refractivity (Wildman–Crippen MR) is 90.5 cm³/mol. The van der Waals surface area contributed by atoms with Gasteiger partial charge in [0.15, 0.2) is 0 Å². The van der Waals surface area contributed by atoms with Crippen molar-refractivity contribution in [2.45, 2.75) is 51.7 Å². The molecular formula is C18H28N2O3. The van der Waals surface area contributed by atoms with Gasteiger partial charge in [-0.1, -0.05) is 6.08 Å². The van der Waals surface area contributed by atoms with Crippen LogP contribution in [0.25, 0.3) is 0 Å². The van der Waals surface area contributed by atoms with E-state index in [0.717, 1.165) is 44.5 Å². The van der Waals surface area contributed by atoms with Gasteiger partial charge >= 0.3 is 0 Å². The summed E-state index contributed by atoms with van der Waals surface area (Å²) < 4.78 is 5.41. The van der Waals surface area contributed by atoms with E-state index in [9.17, 15) is 9.90 Å². The van der Waals surface area contributed by atoms with Crippen molar-refractivity contribution in [3.05, 3.63) is 35.8 Å². The fraction of sp³-hybridized carbons (Fsp3) is 0.611. The summed E-state index contributed by atoms with van der Waals surface area (Å²) in [6.45, 7) is 9.85. The third kappa shape index (κ3) is 5.22. The number of carbonyl (C=O) groups excluding carboxylic acids is 1. The van der Waals surface area contributed by atoms with Gasteiger partial charge in [-0.15, -0.1) is 6.58 Å². The molecule has 128 valence electrons. The molecular weight excluding hydrogens is 292 g/mol. The Hall–Kier alpha value is -1.59. The van der Waals surface area contributed by atoms with Gasteiger partial charge in [-0.25, -0.2) is 0 Å². The number of β-amino-alcohol motifs (C(OH)–C–C–N with tert-alkyl or cyclic N) is 1. The second-order valence-corrected chi connectivity index (χ2v) is 6.40. The van der Waals surface area contributed by atoms with Crippen LogP contribution in [0.5, 0.6) is 0 Å². The first-order valence-electron chi connectivity index (χ1n) is 8.38. The highest BCUT2D eigenvalue weighted by molar-refractivity contribution is 5.95. The highest BCUT2D eigenvalue weighted by atomic mass is 16.3. The van der Waals surface area contributed by atoms with Crippen LogP contribution in [-0.2, 0) is 0 Å². The van der Waals surface area contributed by atoms with E-state index in [4.69, 9.17) is 4.42 Å². The van der Waals surface area contributed by atoms with Crippen LogP contribution in [0.4, 0.5) is 0 Å². The topological polar surface area (TPSA) is 65.7 Å². The Morgan fingerprint density at radius 2 is 2.22 bits per heavy atom. The van der Waals surface area contributed by atoms with E-state index >= 15 is 0 Å². The zero-order chi connectivity index (χ0) is 16.8. The maximum absolute atomic E-state index is 12.3. The largest absolute Gasteiger partial charge is 0.466 e. The first-order valence-corrected chi connectivity index (χ1v) is 8.38. The van der Waals surface area contributed by atoms with Crippen molar-refractivity contribution < 1.29 is 14.3 Å². The number of rotatable bonds is 7. The number of amides is 1. The predicted octanol–water partition coefficient (Wildman–Crippen LogP) is 2.42. The number of nitrogens with one attached hydrogen (secondary N) is 1. The normalized spacial score (nSPS) is 17.9. The number of hydrogen-bond donors (Lipinski definition) is 2. The minimum atomic E-state index is -0.296. The molecule has 23 heavy (non-hydrogen) atoms. The van der Waals surface area contributed by atoms with Gasteiger partial charge in [-0.2, -0.15) is 0 Å². The second-order valence-electron chi connectivity index (χ2n) is 6.40. The molecule has 5 heteroatoms. The molecule has 0 radical (unpaired) electrons. The molecule has 2 heterocycles. The van der Waals surface area contributed by atoms with E-state index in [1.807, 2.05) is 19.9 Å². The maximum atomic E-state index is 12.3. The number of allylic oxidation sites excluding steroid dienone is 1. The quantitative estimate of drug-likeness (QED) is 0.757. The van der Waals surface area contributed by atoms with Crippen molar-refractivity contribution in [1.82, 2.24) is 10.2 Å². The number of piperidine rings is 1. The minimum absolute atomic E-state index is 0.0520. The molecule has 1 aliphatic rings. The van der Waals surface area contributed by atoms with Gasteiger partial charge in [0.2, 0.25) is 0 Å². The van der Waals surface area contributed by atoms with Gasteiger partial charge in [0.05, 0.1) is 11.7 Å². The van der Waals surface area contributed by atoms with Crippen molar-refractivity contribution in [2.75, 3.05) is 19.6 Å². The highest BCUT2D eigenvalue weighted by Gasteiger charge is 2.23. The van der Waals surface area contributed by atoms with Gasteiger partial charge in [0.25, 0.3) is 5.91 Å². The number of aliphatic hydroxyl groups excluding tert-OH is 1. The first kappa shape index (κ1) is 17.8. The van der Waals surface area contributed by atoms with Crippen LogP contribution in [0.1, 0.15) is 47.6 Å². The Kier molecular flexibility index (Phi) is 6.42. The van der Waals surface area contributed by atoms with Gasteiger partial charge in [0.1, 0.15) is 11.5 Å². The Morgan fingerprint density at radius 3 is 2.78 bits per heavy atom. The summed E-state index contributed by atoms with van der Waals surface area (Å²) >= 11 is 0. The molecule has 0 aromatic carbocycles. The molecule has 5 nitrogen and oxygen atoms in total. The van der Waals surface area contributed by atoms with Crippen LogP contribution in [0.15, 0.2) is 23.1 Å². The zero-order valence-electron chi connectivity index (χ0n) is 14.2. The van der Waals surface area contributed by atoms with E-state index in [0.29, 0.717) is 17.9 Å². The molecule has 1 fully saturated rings. The number of furan rings is 1. The molecule has 0 saturated carbocycles. The average molecular weight is 320 g/mol. The molecule has 2 rings (SSSR count). The number of aliphatic hydroxyl groups is 1. The fourth-order valence-corrected chi connectivity index (χ4v) is 3.08. The molecule has 0 aliphatic carbocycles. The first-order chi connectivity index (χ1) is 11.0. The Morgan fingerprint density at radius 1 is 1.52 bits per heavy atom. The summed E-state index contributed by atoms with van der Waals surface area (Å²) in [5.41, 5.74) is 0.629. The Bertz CT molecular complexity index is 530. The molecule has 0 spiro atoms. The molecule has 2 N–H and O–H groups in total. The Balaban J connectivity index is 1.75. The molecule has 1 aliphatic heterocycles. The van der Waals surface area contributed by atoms with Crippen molar-refractivity contribution in [2.24, 2.45) is 0 Å². The van der Waals surface area contributed by atoms with Crippen molar-refractivity contribution in [3.8, 4) is 0 Å². The highest BCUT2D eigenvalue weighted by Crippen LogP contribution is 2.16. The van der Waals surface area contributed by atoms with Crippen LogP contribution in [-0.4, -0.2) is 47.7 Å². The summed E-state index contributed by atoms with van der Waals surface area (Å²) in [5, 5.41) is 13.1. The third-order valence-electron chi connectivity index (χ3n) is 4.38. The lowest BCUT2D eigenvalue weighted by molar-refractivity contribution is 0.0804. The molecule has 1 aromatic rings. The average Bonchev–Trinajstić information content (AvgIpc) is 2.86. The third-order valence-corrected chi connectivity index (χ3v) is 4.38. The molecule has 1 atom stereocenters. The minimum Gasteiger partial charge on any atom is -0.466 e. The number of likely N-dealkylation sites (tertiary alicyclic amines) is 1. The summed E-state index contributed by atoms with van der Waals surface area (Å²) in [6.07, 6.45) is 4.97. The van der Waals surface area contributed by atoms with Gasteiger partial charge in [-0.05, 0) is 45.6 Å². The molecule has 1 aromatic heterocycles. The van der Waals surface area contributed by atoms with Crippen molar-refractivity contribution in [1.29, 1.82) is 0 Å². The van der Waals surface area contributed by atoms with Crippen LogP contribution >= 0.6 is 0 Å². The number of hydrogen-bond acceptors (Lipinski definition) is 4. The molecule has 0 bridgehead atoms. The second kappa shape index (κ2) is 8.31. The van der Waals surface area contributed by atoms with Crippen LogP contribution in [0, 0.1) is 13.8 Å². The van der Waals surface area contributed by atoms with E-state index < -0.39 is 0 Å². The standard InChI is InChI=1S/C18H28N2O3/c1-4-5-6-16(21)12-20-9-7-15(8-10-20)19-18(22)17-11-13(2)23-14(17)3/h4,11,15-16,21H,1,5-10,12H2,2-3H3,(H,19,22). The lowest BCUT2D eigenvalue weighted by atomic mass is 10.0. The summed E-state index contributed by atoms with van der Waals surface area (Å²) in [6, 6.07) is 1.98. The SMILES string of the molecule is C=CCCC(O)CN1CCC(NC(=O)c2cc(C)oc2C)CC1. The lowest BCUT2D eigenvalue weighted by Gasteiger charge is -2.33. The van der Waals surface area contributed by atoms with Gasteiger partial charge in [0, 0.05) is 25.7 Å². The Labute approximate surface area is 138 Å². The van der Waals surface area contributed by atoms with Crippen LogP contribution in [0.3, 0.4) is 0 Å². The molecule has 1 saturated heterocycles. The van der Waals surface area contributed by atoms with Gasteiger partial charge in [-0.3, -0.25) is 4.79 Å². The number of nitrogens with zero attached hydrogens (tertiary/aromatic N) is 1. The van der Waals surface area contributed by atoms with E-state index in [2.05, 4.69) is 16.8 Å². The van der Waals surface area contributed by atoms with E-state index in [1.165, 1.54) is 0 Å². The van der Waals surface area contributed by atoms with E-state index in [1.54, 1.807) is 6.07 Å². The monoisotopic (exact) mass is 320 g/mol. The molecule has 1 unspecified atom stereocenters. The van der Waals surface area contributed by atoms with E-state index in [-0.39, 0.29) is 18.1 Å². The van der Waals surface area contributed by atoms with Crippen molar-refractivity contribution in [3.63, 3.8) is 0 Å². The van der Waals surface area contributed by atoms with Gasteiger partial charge < -0.3 is 19.7 Å². The number of carbonyl (C=O) groups is 1. The summed E-state index contributed by atoms with van der Waals surface area (Å²) in [5.74, 6) is 1.38. The van der Waals surface area contributed by atoms with Crippen molar-refractivity contribution >= 4 is 5.91 Å². The van der Waals surface area contributed by atoms with Crippen LogP contribution < -0.4 is 5.32 Å². The number of aryl methyl sites for hydroxylation is 2. The maximum Gasteiger partial charge on any atom is 0.255 e. The molecule has 1 amide bonds. The zero-order valence-corrected chi connectivity index (χ0v) is 14.2. The fourth-order valence-electron chi connectivity index (χ4n) is 3.08. The smallest absolute Gasteiger partial charge is 0.255 e. The lowest BCUT2D eigenvalue weighted by Crippen LogP contribution is -2.46. The van der Waals surface area contributed by atoms with Crippen LogP contribution in [0.2, 0.25) is 0 Å². The summed E-state index contributed by atoms with van der Waals surface area (Å²) in [7, 11) is 0.